The number of rotatable bonds is 5. The molecule has 1 aromatic carbocycles. The number of hydrogen-bond donors (Lipinski definition) is 1. The second-order valence-corrected chi connectivity index (χ2v) is 7.92. The molecule has 1 aliphatic heterocycles. The van der Waals surface area contributed by atoms with Crippen LogP contribution >= 0.6 is 11.3 Å². The van der Waals surface area contributed by atoms with Crippen LogP contribution in [-0.2, 0) is 17.4 Å². The van der Waals surface area contributed by atoms with Crippen molar-refractivity contribution < 1.29 is 18.0 Å². The molecule has 0 saturated carbocycles. The largest absolute Gasteiger partial charge is 0.434 e. The van der Waals surface area contributed by atoms with Crippen LogP contribution in [0.4, 0.5) is 18.3 Å². The van der Waals surface area contributed by atoms with E-state index >= 15 is 0 Å². The van der Waals surface area contributed by atoms with Crippen LogP contribution in [0.25, 0.3) is 0 Å². The fraction of sp³-hybridized carbons (Fsp3) is 0.474. The van der Waals surface area contributed by atoms with E-state index in [-0.39, 0.29) is 11.9 Å². The molecule has 0 bridgehead atoms. The Morgan fingerprint density at radius 1 is 1.33 bits per heavy atom. The summed E-state index contributed by atoms with van der Waals surface area (Å²) < 4.78 is 38.0. The van der Waals surface area contributed by atoms with Gasteiger partial charge in [0.1, 0.15) is 0 Å². The highest BCUT2D eigenvalue weighted by molar-refractivity contribution is 7.13. The third-order valence-corrected chi connectivity index (χ3v) is 5.52. The lowest BCUT2D eigenvalue weighted by Crippen LogP contribution is -2.38. The molecule has 4 nitrogen and oxygen atoms in total. The summed E-state index contributed by atoms with van der Waals surface area (Å²) in [7, 11) is 0. The normalized spacial score (nSPS) is 17.6. The van der Waals surface area contributed by atoms with E-state index in [2.05, 4.69) is 24.1 Å². The number of halogens is 3. The Balaban J connectivity index is 1.52. The molecule has 0 aliphatic carbocycles. The highest BCUT2D eigenvalue weighted by Crippen LogP contribution is 2.33. The van der Waals surface area contributed by atoms with Gasteiger partial charge in [-0.25, -0.2) is 4.98 Å². The van der Waals surface area contributed by atoms with E-state index in [1.807, 2.05) is 24.3 Å². The number of amides is 1. The molecule has 2 heterocycles. The quantitative estimate of drug-likeness (QED) is 0.822. The van der Waals surface area contributed by atoms with Gasteiger partial charge in [-0.1, -0.05) is 38.1 Å². The third kappa shape index (κ3) is 5.00. The summed E-state index contributed by atoms with van der Waals surface area (Å²) in [6, 6.07) is 7.91. The highest BCUT2D eigenvalue weighted by Gasteiger charge is 2.35. The number of alkyl halides is 3. The van der Waals surface area contributed by atoms with E-state index in [9.17, 15) is 18.0 Å². The smallest absolute Gasteiger partial charge is 0.351 e. The number of carbonyl (C=O) groups excluding carboxylic acids is 1. The van der Waals surface area contributed by atoms with Gasteiger partial charge in [-0.15, -0.1) is 11.3 Å². The molecule has 1 atom stereocenters. The molecule has 146 valence electrons. The topological polar surface area (TPSA) is 45.2 Å². The van der Waals surface area contributed by atoms with Crippen molar-refractivity contribution in [2.75, 3.05) is 18.0 Å². The summed E-state index contributed by atoms with van der Waals surface area (Å²) in [6.45, 7) is 5.29. The molecule has 0 spiro atoms. The van der Waals surface area contributed by atoms with Gasteiger partial charge < -0.3 is 10.2 Å². The van der Waals surface area contributed by atoms with Gasteiger partial charge in [-0.2, -0.15) is 13.2 Å². The Morgan fingerprint density at radius 2 is 2.04 bits per heavy atom. The summed E-state index contributed by atoms with van der Waals surface area (Å²) in [5.41, 5.74) is 1.31. The lowest BCUT2D eigenvalue weighted by atomic mass is 10.0. The molecule has 1 aliphatic rings. The Labute approximate surface area is 160 Å². The molecular weight excluding hydrogens is 375 g/mol. The van der Waals surface area contributed by atoms with E-state index in [0.717, 1.165) is 22.3 Å². The maximum atomic E-state index is 12.7. The molecule has 0 radical (unpaired) electrons. The zero-order chi connectivity index (χ0) is 19.6. The number of nitrogens with one attached hydrogen (secondary N) is 1. The van der Waals surface area contributed by atoms with Crippen LogP contribution in [0.1, 0.15) is 43.0 Å². The molecule has 1 aromatic heterocycles. The monoisotopic (exact) mass is 397 g/mol. The van der Waals surface area contributed by atoms with Crippen LogP contribution in [0.5, 0.6) is 0 Å². The second-order valence-electron chi connectivity index (χ2n) is 7.09. The van der Waals surface area contributed by atoms with Crippen LogP contribution < -0.4 is 10.2 Å². The van der Waals surface area contributed by atoms with E-state index in [1.165, 1.54) is 5.56 Å². The summed E-state index contributed by atoms with van der Waals surface area (Å²) in [5, 5.41) is 4.36. The number of thiazole rings is 1. The Hall–Kier alpha value is -2.09. The van der Waals surface area contributed by atoms with Gasteiger partial charge in [0.15, 0.2) is 10.8 Å². The van der Waals surface area contributed by atoms with Gasteiger partial charge in [0.2, 0.25) is 5.91 Å². The van der Waals surface area contributed by atoms with E-state index < -0.39 is 11.9 Å². The summed E-state index contributed by atoms with van der Waals surface area (Å²) in [4.78, 5) is 17.7. The van der Waals surface area contributed by atoms with E-state index in [4.69, 9.17) is 0 Å². The minimum atomic E-state index is -4.42. The van der Waals surface area contributed by atoms with Crippen molar-refractivity contribution in [3.05, 3.63) is 46.5 Å². The van der Waals surface area contributed by atoms with Crippen molar-refractivity contribution in [3.8, 4) is 0 Å². The molecule has 8 heteroatoms. The van der Waals surface area contributed by atoms with Crippen molar-refractivity contribution in [1.82, 2.24) is 10.3 Å². The number of carbonyl (C=O) groups is 1. The average Bonchev–Trinajstić information content (AvgIpc) is 3.23. The zero-order valence-electron chi connectivity index (χ0n) is 15.2. The molecule has 1 N–H and O–H groups in total. The molecule has 1 unspecified atom stereocenters. The molecule has 27 heavy (non-hydrogen) atoms. The van der Waals surface area contributed by atoms with Crippen LogP contribution in [0.3, 0.4) is 0 Å². The molecular formula is C19H22F3N3OS. The van der Waals surface area contributed by atoms with Gasteiger partial charge >= 0.3 is 6.18 Å². The summed E-state index contributed by atoms with van der Waals surface area (Å²) in [5.74, 6) is 0.371. The molecule has 1 fully saturated rings. The molecule has 2 aromatic rings. The summed E-state index contributed by atoms with van der Waals surface area (Å²) >= 11 is 0.983. The number of benzene rings is 1. The first-order chi connectivity index (χ1) is 12.7. The van der Waals surface area contributed by atoms with Crippen LogP contribution in [-0.4, -0.2) is 30.0 Å². The molecule has 1 saturated heterocycles. The minimum absolute atomic E-state index is 0.0748. The number of nitrogens with zero attached hydrogens (tertiary/aromatic N) is 2. The SMILES string of the molecule is CC(C)c1ccc(CC(=O)NC2CCN(c3nc(C(F)(F)F)cs3)C2)cc1. The van der Waals surface area contributed by atoms with E-state index in [0.29, 0.717) is 37.0 Å². The lowest BCUT2D eigenvalue weighted by molar-refractivity contribution is -0.140. The number of hydrogen-bond acceptors (Lipinski definition) is 4. The first-order valence-corrected chi connectivity index (χ1v) is 9.76. The average molecular weight is 397 g/mol. The minimum Gasteiger partial charge on any atom is -0.351 e. The first kappa shape index (κ1) is 19.7. The van der Waals surface area contributed by atoms with E-state index in [1.54, 1.807) is 4.90 Å². The molecule has 3 rings (SSSR count). The van der Waals surface area contributed by atoms with Crippen molar-refractivity contribution in [2.45, 2.75) is 44.8 Å². The van der Waals surface area contributed by atoms with Crippen molar-refractivity contribution >= 4 is 22.4 Å². The van der Waals surface area contributed by atoms with Crippen LogP contribution in [0, 0.1) is 0 Å². The fourth-order valence-electron chi connectivity index (χ4n) is 3.08. The first-order valence-electron chi connectivity index (χ1n) is 8.88. The van der Waals surface area contributed by atoms with Gasteiger partial charge in [-0.3, -0.25) is 4.79 Å². The Bertz CT molecular complexity index is 786. The Kier molecular flexibility index (Phi) is 5.74. The molecule has 1 amide bonds. The van der Waals surface area contributed by atoms with Gasteiger partial charge in [0.05, 0.1) is 6.42 Å². The van der Waals surface area contributed by atoms with Gasteiger partial charge in [-0.05, 0) is 23.5 Å². The third-order valence-electron chi connectivity index (χ3n) is 4.62. The summed E-state index contributed by atoms with van der Waals surface area (Å²) in [6.07, 6.45) is -3.43. The second kappa shape index (κ2) is 7.88. The fourth-order valence-corrected chi connectivity index (χ4v) is 3.95. The van der Waals surface area contributed by atoms with Gasteiger partial charge in [0.25, 0.3) is 0 Å². The van der Waals surface area contributed by atoms with Crippen molar-refractivity contribution in [3.63, 3.8) is 0 Å². The predicted molar refractivity (Wildman–Crippen MR) is 100 cm³/mol. The predicted octanol–water partition coefficient (Wildman–Crippen LogP) is 4.22. The maximum absolute atomic E-state index is 12.7. The van der Waals surface area contributed by atoms with Crippen molar-refractivity contribution in [2.24, 2.45) is 0 Å². The van der Waals surface area contributed by atoms with Gasteiger partial charge in [0, 0.05) is 24.5 Å². The Morgan fingerprint density at radius 3 is 2.63 bits per heavy atom. The maximum Gasteiger partial charge on any atom is 0.434 e. The van der Waals surface area contributed by atoms with Crippen molar-refractivity contribution in [1.29, 1.82) is 0 Å². The van der Waals surface area contributed by atoms with Crippen LogP contribution in [0.15, 0.2) is 29.6 Å². The van der Waals surface area contributed by atoms with Crippen LogP contribution in [0.2, 0.25) is 0 Å². The highest BCUT2D eigenvalue weighted by atomic mass is 32.1. The standard InChI is InChI=1S/C19H22F3N3OS/c1-12(2)14-5-3-13(4-6-14)9-17(26)23-15-7-8-25(10-15)18-24-16(11-27-18)19(20,21)22/h3-6,11-12,15H,7-10H2,1-2H3,(H,23,26). The number of anilines is 1. The number of aromatic nitrogens is 1. The lowest BCUT2D eigenvalue weighted by Gasteiger charge is -2.16. The zero-order valence-corrected chi connectivity index (χ0v) is 16.0.